The number of nitrogens with one attached hydrogen (secondary N) is 2. The second-order valence-electron chi connectivity index (χ2n) is 4.86. The Balaban J connectivity index is 2.00. The lowest BCUT2D eigenvalue weighted by Gasteiger charge is -2.06. The van der Waals surface area contributed by atoms with Gasteiger partial charge >= 0.3 is 0 Å². The molecule has 0 heterocycles. The number of aliphatic hydroxyl groups is 1. The average molecular weight is 292 g/mol. The smallest absolute Gasteiger partial charge is 0.251 e. The molecule has 0 unspecified atom stereocenters. The molecule has 21 heavy (non-hydrogen) atoms. The number of benzene rings is 1. The van der Waals surface area contributed by atoms with E-state index < -0.39 is 0 Å². The minimum absolute atomic E-state index is 0.0248. The number of carbonyl (C=O) groups excluding carboxylic acids is 2. The highest BCUT2D eigenvalue weighted by Crippen LogP contribution is 2.01. The Bertz CT molecular complexity index is 421. The van der Waals surface area contributed by atoms with Crippen LogP contribution in [-0.4, -0.2) is 36.6 Å². The summed E-state index contributed by atoms with van der Waals surface area (Å²) in [5.41, 5.74) is 0.667. The van der Waals surface area contributed by atoms with Gasteiger partial charge in [0.15, 0.2) is 0 Å². The first-order valence-corrected chi connectivity index (χ1v) is 7.45. The number of hydrogen-bond donors (Lipinski definition) is 3. The van der Waals surface area contributed by atoms with Crippen molar-refractivity contribution in [1.29, 1.82) is 0 Å². The minimum atomic E-state index is -0.0580. The van der Waals surface area contributed by atoms with E-state index in [1.165, 1.54) is 0 Å². The molecule has 2 amide bonds. The third-order valence-corrected chi connectivity index (χ3v) is 3.06. The maximum Gasteiger partial charge on any atom is 0.251 e. The van der Waals surface area contributed by atoms with Crippen LogP contribution in [0.15, 0.2) is 30.3 Å². The number of unbranched alkanes of at least 4 members (excludes halogenated alkanes) is 2. The van der Waals surface area contributed by atoms with E-state index in [0.29, 0.717) is 31.5 Å². The second kappa shape index (κ2) is 10.9. The Kier molecular flexibility index (Phi) is 8.88. The summed E-state index contributed by atoms with van der Waals surface area (Å²) >= 11 is 0. The fourth-order valence-electron chi connectivity index (χ4n) is 1.88. The Hall–Kier alpha value is -1.88. The van der Waals surface area contributed by atoms with E-state index in [1.807, 2.05) is 18.2 Å². The van der Waals surface area contributed by atoms with Crippen molar-refractivity contribution >= 4 is 11.8 Å². The van der Waals surface area contributed by atoms with Gasteiger partial charge in [-0.2, -0.15) is 0 Å². The lowest BCUT2D eigenvalue weighted by molar-refractivity contribution is -0.121. The van der Waals surface area contributed by atoms with Crippen molar-refractivity contribution in [2.75, 3.05) is 19.7 Å². The van der Waals surface area contributed by atoms with E-state index in [-0.39, 0.29) is 18.4 Å². The zero-order valence-electron chi connectivity index (χ0n) is 12.3. The van der Waals surface area contributed by atoms with Crippen LogP contribution in [0, 0.1) is 0 Å². The van der Waals surface area contributed by atoms with E-state index in [9.17, 15) is 9.59 Å². The van der Waals surface area contributed by atoms with Gasteiger partial charge in [-0.3, -0.25) is 9.59 Å². The maximum absolute atomic E-state index is 11.7. The van der Waals surface area contributed by atoms with Crippen LogP contribution in [0.3, 0.4) is 0 Å². The second-order valence-corrected chi connectivity index (χ2v) is 4.86. The van der Waals surface area contributed by atoms with Gasteiger partial charge in [-0.15, -0.1) is 0 Å². The Labute approximate surface area is 125 Å². The summed E-state index contributed by atoms with van der Waals surface area (Å²) in [4.78, 5) is 23.1. The van der Waals surface area contributed by atoms with Gasteiger partial charge in [-0.25, -0.2) is 0 Å². The first-order chi connectivity index (χ1) is 10.2. The molecule has 0 aliphatic rings. The molecule has 0 radical (unpaired) electrons. The third-order valence-electron chi connectivity index (χ3n) is 3.06. The molecular weight excluding hydrogens is 268 g/mol. The highest BCUT2D eigenvalue weighted by atomic mass is 16.3. The van der Waals surface area contributed by atoms with Crippen molar-refractivity contribution in [3.8, 4) is 0 Å². The lowest BCUT2D eigenvalue weighted by atomic mass is 10.1. The molecule has 0 saturated carbocycles. The number of aliphatic hydroxyl groups excluding tert-OH is 1. The zero-order chi connectivity index (χ0) is 15.3. The molecule has 3 N–H and O–H groups in total. The molecular formula is C16H24N2O3. The molecule has 0 aliphatic carbocycles. The van der Waals surface area contributed by atoms with Crippen molar-refractivity contribution in [2.24, 2.45) is 0 Å². The van der Waals surface area contributed by atoms with Crippen LogP contribution in [0.2, 0.25) is 0 Å². The van der Waals surface area contributed by atoms with Gasteiger partial charge in [-0.1, -0.05) is 24.6 Å². The molecule has 0 aliphatic heterocycles. The number of rotatable bonds is 10. The molecule has 0 bridgehead atoms. The number of hydrogen-bond acceptors (Lipinski definition) is 3. The molecule has 116 valence electrons. The molecule has 0 spiro atoms. The van der Waals surface area contributed by atoms with Gasteiger partial charge in [0, 0.05) is 31.7 Å². The monoisotopic (exact) mass is 292 g/mol. The minimum Gasteiger partial charge on any atom is -0.396 e. The van der Waals surface area contributed by atoms with Crippen LogP contribution in [0.4, 0.5) is 0 Å². The Morgan fingerprint density at radius 2 is 1.62 bits per heavy atom. The molecule has 1 aromatic rings. The van der Waals surface area contributed by atoms with Gasteiger partial charge in [0.05, 0.1) is 0 Å². The fourth-order valence-corrected chi connectivity index (χ4v) is 1.88. The summed E-state index contributed by atoms with van der Waals surface area (Å²) in [5.74, 6) is -0.0332. The van der Waals surface area contributed by atoms with Gasteiger partial charge in [-0.05, 0) is 31.4 Å². The normalized spacial score (nSPS) is 10.1. The molecule has 0 saturated heterocycles. The van der Waals surface area contributed by atoms with Crippen LogP contribution < -0.4 is 10.6 Å². The van der Waals surface area contributed by atoms with E-state index in [0.717, 1.165) is 19.3 Å². The van der Waals surface area contributed by atoms with Gasteiger partial charge in [0.25, 0.3) is 5.91 Å². The summed E-state index contributed by atoms with van der Waals surface area (Å²) in [6.07, 6.45) is 3.67. The average Bonchev–Trinajstić information content (AvgIpc) is 2.51. The first-order valence-electron chi connectivity index (χ1n) is 7.45. The molecule has 0 aromatic heterocycles. The van der Waals surface area contributed by atoms with Crippen molar-refractivity contribution in [3.63, 3.8) is 0 Å². The third kappa shape index (κ3) is 8.09. The van der Waals surface area contributed by atoms with Crippen LogP contribution in [0.1, 0.15) is 42.5 Å². The zero-order valence-corrected chi connectivity index (χ0v) is 12.3. The van der Waals surface area contributed by atoms with Crippen LogP contribution >= 0.6 is 0 Å². The van der Waals surface area contributed by atoms with Crippen molar-refractivity contribution in [3.05, 3.63) is 35.9 Å². The van der Waals surface area contributed by atoms with Crippen molar-refractivity contribution in [1.82, 2.24) is 10.6 Å². The summed E-state index contributed by atoms with van der Waals surface area (Å²) in [6, 6.07) is 9.12. The summed E-state index contributed by atoms with van der Waals surface area (Å²) in [7, 11) is 0. The predicted molar refractivity (Wildman–Crippen MR) is 82.0 cm³/mol. The summed E-state index contributed by atoms with van der Waals surface area (Å²) in [5, 5.41) is 14.2. The van der Waals surface area contributed by atoms with E-state index in [1.54, 1.807) is 12.1 Å². The Morgan fingerprint density at radius 3 is 2.33 bits per heavy atom. The topological polar surface area (TPSA) is 78.4 Å². The highest BCUT2D eigenvalue weighted by Gasteiger charge is 2.03. The van der Waals surface area contributed by atoms with Crippen molar-refractivity contribution in [2.45, 2.75) is 32.1 Å². The quantitative estimate of drug-likeness (QED) is 0.571. The van der Waals surface area contributed by atoms with Gasteiger partial charge in [0.2, 0.25) is 5.91 Å². The molecule has 0 fully saturated rings. The summed E-state index contributed by atoms with van der Waals surface area (Å²) in [6.45, 7) is 1.25. The van der Waals surface area contributed by atoms with E-state index >= 15 is 0 Å². The molecule has 5 heteroatoms. The van der Waals surface area contributed by atoms with Crippen molar-refractivity contribution < 1.29 is 14.7 Å². The largest absolute Gasteiger partial charge is 0.396 e. The predicted octanol–water partition coefficient (Wildman–Crippen LogP) is 1.48. The number of amides is 2. The lowest BCUT2D eigenvalue weighted by Crippen LogP contribution is -2.25. The Morgan fingerprint density at radius 1 is 0.905 bits per heavy atom. The summed E-state index contributed by atoms with van der Waals surface area (Å²) < 4.78 is 0. The van der Waals surface area contributed by atoms with Gasteiger partial charge in [0.1, 0.15) is 0 Å². The number of carbonyl (C=O) groups is 2. The van der Waals surface area contributed by atoms with E-state index in [4.69, 9.17) is 5.11 Å². The van der Waals surface area contributed by atoms with Crippen LogP contribution in [0.25, 0.3) is 0 Å². The SMILES string of the molecule is O=C(CCCCCNC(=O)c1ccccc1)NCCCO. The maximum atomic E-state index is 11.7. The van der Waals surface area contributed by atoms with Gasteiger partial charge < -0.3 is 15.7 Å². The highest BCUT2D eigenvalue weighted by molar-refractivity contribution is 5.94. The van der Waals surface area contributed by atoms with Crippen LogP contribution in [-0.2, 0) is 4.79 Å². The molecule has 5 nitrogen and oxygen atoms in total. The standard InChI is InChI=1S/C16H24N2O3/c19-13-7-12-17-15(20)10-5-2-6-11-18-16(21)14-8-3-1-4-9-14/h1,3-4,8-9,19H,2,5-7,10-13H2,(H,17,20)(H,18,21). The van der Waals surface area contributed by atoms with Crippen LogP contribution in [0.5, 0.6) is 0 Å². The van der Waals surface area contributed by atoms with E-state index in [2.05, 4.69) is 10.6 Å². The molecule has 1 rings (SSSR count). The molecule has 0 atom stereocenters. The molecule has 1 aromatic carbocycles. The first kappa shape index (κ1) is 17.2. The fraction of sp³-hybridized carbons (Fsp3) is 0.500.